The van der Waals surface area contributed by atoms with Crippen LogP contribution >= 0.6 is 0 Å². The summed E-state index contributed by atoms with van der Waals surface area (Å²) in [4.78, 5) is 11.2. The number of aromatic nitrogens is 1. The van der Waals surface area contributed by atoms with E-state index in [2.05, 4.69) is 23.6 Å². The van der Waals surface area contributed by atoms with Gasteiger partial charge in [0.15, 0.2) is 6.29 Å². The zero-order valence-corrected chi connectivity index (χ0v) is 9.44. The Labute approximate surface area is 94.9 Å². The number of carbonyl (C=O) groups excluding carboxylic acids is 1. The highest BCUT2D eigenvalue weighted by Crippen LogP contribution is 2.31. The zero-order chi connectivity index (χ0) is 11.1. The number of hydrogen-bond donors (Lipinski definition) is 0. The van der Waals surface area contributed by atoms with Gasteiger partial charge in [-0.1, -0.05) is 25.1 Å². The molecule has 1 aromatic heterocycles. The zero-order valence-electron chi connectivity index (χ0n) is 9.44. The number of para-hydroxylation sites is 1. The number of fused-ring (bicyclic) bond motifs is 3. The second kappa shape index (κ2) is 3.48. The Morgan fingerprint density at radius 3 is 3.00 bits per heavy atom. The van der Waals surface area contributed by atoms with Gasteiger partial charge in [-0.2, -0.15) is 0 Å². The van der Waals surface area contributed by atoms with Gasteiger partial charge in [-0.05, 0) is 24.8 Å². The first-order valence-corrected chi connectivity index (χ1v) is 5.86. The summed E-state index contributed by atoms with van der Waals surface area (Å²) in [6.45, 7) is 3.31. The van der Waals surface area contributed by atoms with E-state index in [1.807, 2.05) is 12.1 Å². The van der Waals surface area contributed by atoms with Crippen molar-refractivity contribution in [1.29, 1.82) is 0 Å². The standard InChI is InChI=1S/C14H15NO/c1-10-6-7-15-13-5-3-2-4-11(13)12(9-16)14(15)8-10/h2-5,9-10H,6-8H2,1H3. The minimum atomic E-state index is 0.690. The van der Waals surface area contributed by atoms with Crippen LogP contribution in [-0.4, -0.2) is 10.9 Å². The molecule has 0 saturated heterocycles. The van der Waals surface area contributed by atoms with E-state index >= 15 is 0 Å². The van der Waals surface area contributed by atoms with Gasteiger partial charge in [0, 0.05) is 28.7 Å². The van der Waals surface area contributed by atoms with Crippen molar-refractivity contribution in [1.82, 2.24) is 4.57 Å². The second-order valence-corrected chi connectivity index (χ2v) is 4.74. The lowest BCUT2D eigenvalue weighted by Gasteiger charge is -2.22. The molecule has 0 aliphatic carbocycles. The SMILES string of the molecule is CC1CCn2c(c(C=O)c3ccccc32)C1. The Hall–Kier alpha value is -1.57. The molecule has 2 heteroatoms. The van der Waals surface area contributed by atoms with E-state index < -0.39 is 0 Å². The number of carbonyl (C=O) groups is 1. The Balaban J connectivity index is 2.35. The van der Waals surface area contributed by atoms with Gasteiger partial charge in [-0.3, -0.25) is 4.79 Å². The van der Waals surface area contributed by atoms with Crippen LogP contribution in [0.15, 0.2) is 24.3 Å². The Kier molecular flexibility index (Phi) is 2.10. The van der Waals surface area contributed by atoms with Gasteiger partial charge in [0.1, 0.15) is 0 Å². The van der Waals surface area contributed by atoms with Crippen LogP contribution in [0.25, 0.3) is 10.9 Å². The van der Waals surface area contributed by atoms with Crippen LogP contribution in [0.3, 0.4) is 0 Å². The van der Waals surface area contributed by atoms with Crippen molar-refractivity contribution in [3.05, 3.63) is 35.5 Å². The molecule has 1 unspecified atom stereocenters. The average Bonchev–Trinajstić information content (AvgIpc) is 2.61. The highest BCUT2D eigenvalue weighted by molar-refractivity contribution is 5.99. The molecule has 1 aromatic carbocycles. The minimum Gasteiger partial charge on any atom is -0.344 e. The molecule has 3 rings (SSSR count). The lowest BCUT2D eigenvalue weighted by molar-refractivity contribution is 0.112. The highest BCUT2D eigenvalue weighted by Gasteiger charge is 2.22. The quantitative estimate of drug-likeness (QED) is 0.667. The van der Waals surface area contributed by atoms with Crippen LogP contribution < -0.4 is 0 Å². The van der Waals surface area contributed by atoms with Crippen molar-refractivity contribution in [3.8, 4) is 0 Å². The van der Waals surface area contributed by atoms with Crippen molar-refractivity contribution in [3.63, 3.8) is 0 Å². The van der Waals surface area contributed by atoms with E-state index in [1.54, 1.807) is 0 Å². The van der Waals surface area contributed by atoms with E-state index in [1.165, 1.54) is 17.6 Å². The average molecular weight is 213 g/mol. The summed E-state index contributed by atoms with van der Waals surface area (Å²) in [6, 6.07) is 8.21. The van der Waals surface area contributed by atoms with Gasteiger partial charge in [-0.25, -0.2) is 0 Å². The van der Waals surface area contributed by atoms with E-state index in [-0.39, 0.29) is 0 Å². The monoisotopic (exact) mass is 213 g/mol. The van der Waals surface area contributed by atoms with Gasteiger partial charge in [0.05, 0.1) is 0 Å². The number of aldehydes is 1. The molecule has 0 spiro atoms. The van der Waals surface area contributed by atoms with Gasteiger partial charge in [0.2, 0.25) is 0 Å². The fourth-order valence-electron chi connectivity index (χ4n) is 2.77. The van der Waals surface area contributed by atoms with Crippen molar-refractivity contribution in [2.24, 2.45) is 5.92 Å². The maximum Gasteiger partial charge on any atom is 0.152 e. The number of aryl methyl sites for hydroxylation is 1. The molecule has 0 saturated carbocycles. The number of benzene rings is 1. The largest absolute Gasteiger partial charge is 0.344 e. The van der Waals surface area contributed by atoms with Crippen LogP contribution in [0.2, 0.25) is 0 Å². The van der Waals surface area contributed by atoms with Gasteiger partial charge in [-0.15, -0.1) is 0 Å². The second-order valence-electron chi connectivity index (χ2n) is 4.74. The molecule has 1 aliphatic heterocycles. The fraction of sp³-hybridized carbons (Fsp3) is 0.357. The van der Waals surface area contributed by atoms with E-state index in [4.69, 9.17) is 0 Å². The van der Waals surface area contributed by atoms with Crippen LogP contribution in [0.1, 0.15) is 29.4 Å². The Morgan fingerprint density at radius 1 is 1.38 bits per heavy atom. The van der Waals surface area contributed by atoms with Crippen molar-refractivity contribution in [2.75, 3.05) is 0 Å². The number of nitrogens with zero attached hydrogens (tertiary/aromatic N) is 1. The molecule has 82 valence electrons. The third-order valence-electron chi connectivity index (χ3n) is 3.63. The summed E-state index contributed by atoms with van der Waals surface area (Å²) >= 11 is 0. The van der Waals surface area contributed by atoms with Crippen LogP contribution in [0, 0.1) is 5.92 Å². The van der Waals surface area contributed by atoms with Gasteiger partial charge < -0.3 is 4.57 Å². The van der Waals surface area contributed by atoms with Crippen LogP contribution in [-0.2, 0) is 13.0 Å². The molecule has 2 heterocycles. The molecule has 0 bridgehead atoms. The van der Waals surface area contributed by atoms with E-state index in [9.17, 15) is 4.79 Å². The lowest BCUT2D eigenvalue weighted by atomic mass is 9.96. The fourth-order valence-corrected chi connectivity index (χ4v) is 2.77. The Morgan fingerprint density at radius 2 is 2.19 bits per heavy atom. The summed E-state index contributed by atoms with van der Waals surface area (Å²) in [5.74, 6) is 0.690. The molecular weight excluding hydrogens is 198 g/mol. The molecule has 2 nitrogen and oxygen atoms in total. The smallest absolute Gasteiger partial charge is 0.152 e. The van der Waals surface area contributed by atoms with Crippen molar-refractivity contribution >= 4 is 17.2 Å². The first-order valence-electron chi connectivity index (χ1n) is 5.86. The summed E-state index contributed by atoms with van der Waals surface area (Å²) in [5.41, 5.74) is 3.35. The highest BCUT2D eigenvalue weighted by atomic mass is 16.1. The topological polar surface area (TPSA) is 22.0 Å². The first kappa shape index (κ1) is 9.64. The molecule has 1 atom stereocenters. The molecule has 0 N–H and O–H groups in total. The molecular formula is C14H15NO. The van der Waals surface area contributed by atoms with Crippen molar-refractivity contribution < 1.29 is 4.79 Å². The van der Waals surface area contributed by atoms with Crippen molar-refractivity contribution in [2.45, 2.75) is 26.3 Å². The molecule has 0 radical (unpaired) electrons. The van der Waals surface area contributed by atoms with Gasteiger partial charge in [0.25, 0.3) is 0 Å². The predicted octanol–water partition coefficient (Wildman–Crippen LogP) is 3.04. The van der Waals surface area contributed by atoms with E-state index in [0.29, 0.717) is 5.92 Å². The predicted molar refractivity (Wildman–Crippen MR) is 64.8 cm³/mol. The number of hydrogen-bond acceptors (Lipinski definition) is 1. The maximum atomic E-state index is 11.2. The first-order chi connectivity index (χ1) is 7.81. The third-order valence-corrected chi connectivity index (χ3v) is 3.63. The molecule has 16 heavy (non-hydrogen) atoms. The molecule has 2 aromatic rings. The Bertz CT molecular complexity index is 553. The summed E-state index contributed by atoms with van der Waals surface area (Å²) in [5, 5.41) is 1.11. The lowest BCUT2D eigenvalue weighted by Crippen LogP contribution is -2.17. The summed E-state index contributed by atoms with van der Waals surface area (Å²) < 4.78 is 2.32. The normalized spacial score (nSPS) is 19.7. The number of rotatable bonds is 1. The van der Waals surface area contributed by atoms with Crippen LogP contribution in [0.5, 0.6) is 0 Å². The summed E-state index contributed by atoms with van der Waals surface area (Å²) in [6.07, 6.45) is 3.26. The van der Waals surface area contributed by atoms with Gasteiger partial charge >= 0.3 is 0 Å². The maximum absolute atomic E-state index is 11.2. The molecule has 1 aliphatic rings. The van der Waals surface area contributed by atoms with E-state index in [0.717, 1.165) is 30.2 Å². The van der Waals surface area contributed by atoms with Crippen LogP contribution in [0.4, 0.5) is 0 Å². The molecule has 0 fully saturated rings. The third kappa shape index (κ3) is 1.22. The summed E-state index contributed by atoms with van der Waals surface area (Å²) in [7, 11) is 0. The molecule has 0 amide bonds. The minimum absolute atomic E-state index is 0.690.